The van der Waals surface area contributed by atoms with Crippen LogP contribution in [0.2, 0.25) is 5.28 Å². The number of ether oxygens (including phenoxy) is 1. The van der Waals surface area contributed by atoms with E-state index in [0.717, 1.165) is 0 Å². The van der Waals surface area contributed by atoms with E-state index in [0.29, 0.717) is 44.2 Å². The van der Waals surface area contributed by atoms with Gasteiger partial charge in [-0.1, -0.05) is 6.92 Å². The van der Waals surface area contributed by atoms with Crippen LogP contribution in [-0.4, -0.2) is 41.2 Å². The average molecular weight is 273 g/mol. The molecule has 18 heavy (non-hydrogen) atoms. The maximum atomic E-state index is 11.2. The van der Waals surface area contributed by atoms with E-state index >= 15 is 0 Å². The number of halogens is 1. The fourth-order valence-electron chi connectivity index (χ4n) is 1.89. The van der Waals surface area contributed by atoms with E-state index in [2.05, 4.69) is 9.97 Å². The molecule has 0 amide bonds. The van der Waals surface area contributed by atoms with Crippen molar-refractivity contribution in [1.82, 2.24) is 9.97 Å². The zero-order chi connectivity index (χ0) is 13.1. The zero-order valence-corrected chi connectivity index (χ0v) is 10.7. The minimum absolute atomic E-state index is 0.0407. The number of aromatic nitrogens is 2. The van der Waals surface area contributed by atoms with Gasteiger partial charge < -0.3 is 9.64 Å². The van der Waals surface area contributed by atoms with Crippen LogP contribution < -0.4 is 4.90 Å². The molecule has 0 aliphatic carbocycles. The Kier molecular flexibility index (Phi) is 3.93. The zero-order valence-electron chi connectivity index (χ0n) is 9.93. The van der Waals surface area contributed by atoms with Crippen LogP contribution in [0.15, 0.2) is 0 Å². The Balaban J connectivity index is 2.49. The van der Waals surface area contributed by atoms with Gasteiger partial charge in [0, 0.05) is 13.1 Å². The van der Waals surface area contributed by atoms with Crippen LogP contribution >= 0.6 is 11.6 Å². The molecule has 0 N–H and O–H groups in total. The van der Waals surface area contributed by atoms with Crippen molar-refractivity contribution in [3.05, 3.63) is 21.1 Å². The summed E-state index contributed by atoms with van der Waals surface area (Å²) >= 11 is 5.82. The minimum Gasteiger partial charge on any atom is -0.378 e. The molecule has 8 heteroatoms. The lowest BCUT2D eigenvalue weighted by atomic mass is 10.2. The quantitative estimate of drug-likeness (QED) is 0.470. The number of aryl methyl sites for hydroxylation is 1. The molecule has 0 saturated carbocycles. The van der Waals surface area contributed by atoms with E-state index in [1.807, 2.05) is 4.90 Å². The Morgan fingerprint density at radius 1 is 1.44 bits per heavy atom. The summed E-state index contributed by atoms with van der Waals surface area (Å²) in [7, 11) is 0. The van der Waals surface area contributed by atoms with E-state index in [9.17, 15) is 10.1 Å². The molecule has 1 aromatic rings. The Hall–Kier alpha value is -1.47. The first-order valence-electron chi connectivity index (χ1n) is 5.67. The third-order valence-electron chi connectivity index (χ3n) is 2.74. The second-order valence-electron chi connectivity index (χ2n) is 3.82. The molecule has 2 heterocycles. The molecule has 1 aliphatic rings. The summed E-state index contributed by atoms with van der Waals surface area (Å²) in [6.07, 6.45) is 0.440. The van der Waals surface area contributed by atoms with Crippen LogP contribution in [0, 0.1) is 10.1 Å². The molecule has 0 radical (unpaired) electrons. The van der Waals surface area contributed by atoms with Crippen molar-refractivity contribution in [1.29, 1.82) is 0 Å². The highest BCUT2D eigenvalue weighted by atomic mass is 35.5. The molecule has 0 unspecified atom stereocenters. The topological polar surface area (TPSA) is 81.4 Å². The van der Waals surface area contributed by atoms with Crippen LogP contribution in [-0.2, 0) is 11.2 Å². The molecule has 98 valence electrons. The first-order valence-corrected chi connectivity index (χ1v) is 6.04. The molecule has 0 bridgehead atoms. The lowest BCUT2D eigenvalue weighted by Gasteiger charge is -2.27. The van der Waals surface area contributed by atoms with Gasteiger partial charge in [-0.25, -0.2) is 4.98 Å². The normalized spacial score (nSPS) is 15.8. The van der Waals surface area contributed by atoms with Gasteiger partial charge in [0.05, 0.1) is 18.1 Å². The fourth-order valence-corrected chi connectivity index (χ4v) is 2.07. The number of nitrogens with zero attached hydrogens (tertiary/aromatic N) is 4. The van der Waals surface area contributed by atoms with E-state index in [1.54, 1.807) is 6.92 Å². The summed E-state index contributed by atoms with van der Waals surface area (Å²) in [6, 6.07) is 0. The Labute approximate surface area is 109 Å². The standard InChI is InChI=1S/C10H13ClN4O3/c1-2-7-8(15(16)17)9(13-10(11)12-7)14-3-5-18-6-4-14/h2-6H2,1H3. The Bertz CT molecular complexity index is 463. The summed E-state index contributed by atoms with van der Waals surface area (Å²) < 4.78 is 5.22. The molecule has 7 nitrogen and oxygen atoms in total. The Morgan fingerprint density at radius 2 is 2.11 bits per heavy atom. The molecule has 1 aliphatic heterocycles. The number of anilines is 1. The van der Waals surface area contributed by atoms with Gasteiger partial charge in [-0.15, -0.1) is 0 Å². The molecule has 0 aromatic carbocycles. The summed E-state index contributed by atoms with van der Waals surface area (Å²) in [6.45, 7) is 3.99. The van der Waals surface area contributed by atoms with Crippen LogP contribution in [0.4, 0.5) is 11.5 Å². The molecule has 1 saturated heterocycles. The predicted octanol–water partition coefficient (Wildman–Crippen LogP) is 1.44. The number of morpholine rings is 1. The number of nitro groups is 1. The van der Waals surface area contributed by atoms with Gasteiger partial charge in [-0.2, -0.15) is 4.98 Å². The monoisotopic (exact) mass is 272 g/mol. The molecule has 1 aromatic heterocycles. The van der Waals surface area contributed by atoms with Crippen molar-refractivity contribution in [2.75, 3.05) is 31.2 Å². The number of rotatable bonds is 3. The van der Waals surface area contributed by atoms with E-state index < -0.39 is 4.92 Å². The lowest BCUT2D eigenvalue weighted by Crippen LogP contribution is -2.37. The summed E-state index contributed by atoms with van der Waals surface area (Å²) in [4.78, 5) is 20.5. The van der Waals surface area contributed by atoms with Crippen molar-refractivity contribution in [2.24, 2.45) is 0 Å². The highest BCUT2D eigenvalue weighted by Crippen LogP contribution is 2.30. The first kappa shape index (κ1) is 13.0. The van der Waals surface area contributed by atoms with Crippen molar-refractivity contribution in [3.63, 3.8) is 0 Å². The van der Waals surface area contributed by atoms with Crippen molar-refractivity contribution in [2.45, 2.75) is 13.3 Å². The molecule has 0 spiro atoms. The summed E-state index contributed by atoms with van der Waals surface area (Å²) in [5.41, 5.74) is 0.310. The van der Waals surface area contributed by atoms with Gasteiger partial charge in [0.25, 0.3) is 0 Å². The van der Waals surface area contributed by atoms with Crippen LogP contribution in [0.5, 0.6) is 0 Å². The highest BCUT2D eigenvalue weighted by Gasteiger charge is 2.28. The van der Waals surface area contributed by atoms with Gasteiger partial charge >= 0.3 is 5.69 Å². The average Bonchev–Trinajstić information content (AvgIpc) is 2.38. The van der Waals surface area contributed by atoms with Crippen molar-refractivity contribution >= 4 is 23.1 Å². The summed E-state index contributed by atoms with van der Waals surface area (Å²) in [5, 5.41) is 11.2. The number of hydrogen-bond donors (Lipinski definition) is 0. The summed E-state index contributed by atoms with van der Waals surface area (Å²) in [5.74, 6) is 0.292. The van der Waals surface area contributed by atoms with Gasteiger partial charge in [-0.05, 0) is 18.0 Å². The molecule has 1 fully saturated rings. The fraction of sp³-hybridized carbons (Fsp3) is 0.600. The SMILES string of the molecule is CCc1nc(Cl)nc(N2CCOCC2)c1[N+](=O)[O-]. The molecule has 2 rings (SSSR count). The maximum Gasteiger partial charge on any atom is 0.332 e. The number of hydrogen-bond acceptors (Lipinski definition) is 6. The van der Waals surface area contributed by atoms with Crippen LogP contribution in [0.3, 0.4) is 0 Å². The van der Waals surface area contributed by atoms with Gasteiger partial charge in [0.2, 0.25) is 11.1 Å². The maximum absolute atomic E-state index is 11.2. The van der Waals surface area contributed by atoms with E-state index in [1.165, 1.54) is 0 Å². The third kappa shape index (κ3) is 2.51. The van der Waals surface area contributed by atoms with Crippen LogP contribution in [0.1, 0.15) is 12.6 Å². The smallest absolute Gasteiger partial charge is 0.332 e. The Morgan fingerprint density at radius 3 is 2.67 bits per heavy atom. The van der Waals surface area contributed by atoms with E-state index in [-0.39, 0.29) is 11.0 Å². The largest absolute Gasteiger partial charge is 0.378 e. The minimum atomic E-state index is -0.444. The molecular weight excluding hydrogens is 260 g/mol. The van der Waals surface area contributed by atoms with Crippen molar-refractivity contribution in [3.8, 4) is 0 Å². The van der Waals surface area contributed by atoms with Gasteiger partial charge in [0.15, 0.2) is 0 Å². The van der Waals surface area contributed by atoms with Gasteiger partial charge in [0.1, 0.15) is 5.69 Å². The first-order chi connectivity index (χ1) is 8.63. The second-order valence-corrected chi connectivity index (χ2v) is 4.16. The van der Waals surface area contributed by atoms with Crippen LogP contribution in [0.25, 0.3) is 0 Å². The lowest BCUT2D eigenvalue weighted by molar-refractivity contribution is -0.385. The van der Waals surface area contributed by atoms with Gasteiger partial charge in [-0.3, -0.25) is 10.1 Å². The molecule has 0 atom stereocenters. The predicted molar refractivity (Wildman–Crippen MR) is 66.1 cm³/mol. The second kappa shape index (κ2) is 5.45. The van der Waals surface area contributed by atoms with Crippen molar-refractivity contribution < 1.29 is 9.66 Å². The van der Waals surface area contributed by atoms with E-state index in [4.69, 9.17) is 16.3 Å². The third-order valence-corrected chi connectivity index (χ3v) is 2.91. The highest BCUT2D eigenvalue weighted by molar-refractivity contribution is 6.28. The molecular formula is C10H13ClN4O3.